The molecule has 0 bridgehead atoms. The van der Waals surface area contributed by atoms with Crippen molar-refractivity contribution in [2.45, 2.75) is 6.92 Å². The van der Waals surface area contributed by atoms with E-state index in [9.17, 15) is 9.59 Å². The third kappa shape index (κ3) is 2.03. The van der Waals surface area contributed by atoms with Crippen molar-refractivity contribution >= 4 is 22.6 Å². The summed E-state index contributed by atoms with van der Waals surface area (Å²) in [5.74, 6) is -0.347. The highest BCUT2D eigenvalue weighted by molar-refractivity contribution is 6.01. The second-order valence-electron chi connectivity index (χ2n) is 5.10. The van der Waals surface area contributed by atoms with Gasteiger partial charge in [-0.15, -0.1) is 0 Å². The van der Waals surface area contributed by atoms with Gasteiger partial charge in [0.1, 0.15) is 0 Å². The van der Waals surface area contributed by atoms with Gasteiger partial charge in [0, 0.05) is 18.3 Å². The van der Waals surface area contributed by atoms with Gasteiger partial charge >= 0.3 is 5.69 Å². The minimum Gasteiger partial charge on any atom is -0.399 e. The average molecular weight is 281 g/mol. The first kappa shape index (κ1) is 13.2. The molecule has 0 saturated heterocycles. The third-order valence-corrected chi connectivity index (χ3v) is 3.55. The van der Waals surface area contributed by atoms with Crippen molar-refractivity contribution in [1.82, 2.24) is 9.13 Å². The highest BCUT2D eigenvalue weighted by atomic mass is 16.2. The van der Waals surface area contributed by atoms with Gasteiger partial charge in [-0.2, -0.15) is 0 Å². The minimum absolute atomic E-state index is 0.347. The van der Waals surface area contributed by atoms with Crippen molar-refractivity contribution in [3.05, 3.63) is 64.1 Å². The molecule has 2 N–H and O–H groups in total. The van der Waals surface area contributed by atoms with E-state index in [1.54, 1.807) is 43.4 Å². The van der Waals surface area contributed by atoms with Crippen LogP contribution in [0.5, 0.6) is 0 Å². The topological polar surface area (TPSA) is 70.0 Å². The van der Waals surface area contributed by atoms with Crippen molar-refractivity contribution in [2.24, 2.45) is 7.05 Å². The molecule has 3 aromatic rings. The van der Waals surface area contributed by atoms with E-state index in [2.05, 4.69) is 0 Å². The van der Waals surface area contributed by atoms with Crippen LogP contribution in [0.15, 0.2) is 47.3 Å². The number of nitrogens with two attached hydrogens (primary N) is 1. The van der Waals surface area contributed by atoms with E-state index < -0.39 is 0 Å². The SMILES string of the molecule is Cc1cccc(C(=O)n2c(=O)n(C)c3ccc(N)cc32)c1. The van der Waals surface area contributed by atoms with Crippen molar-refractivity contribution < 1.29 is 4.79 Å². The molecule has 21 heavy (non-hydrogen) atoms. The monoisotopic (exact) mass is 281 g/mol. The van der Waals surface area contributed by atoms with Crippen molar-refractivity contribution in [1.29, 1.82) is 0 Å². The molecular weight excluding hydrogens is 266 g/mol. The van der Waals surface area contributed by atoms with Crippen LogP contribution < -0.4 is 11.4 Å². The summed E-state index contributed by atoms with van der Waals surface area (Å²) in [6, 6.07) is 12.3. The average Bonchev–Trinajstić information content (AvgIpc) is 2.70. The first-order valence-electron chi connectivity index (χ1n) is 6.57. The second-order valence-corrected chi connectivity index (χ2v) is 5.10. The van der Waals surface area contributed by atoms with Crippen molar-refractivity contribution in [2.75, 3.05) is 5.73 Å². The van der Waals surface area contributed by atoms with Crippen LogP contribution >= 0.6 is 0 Å². The van der Waals surface area contributed by atoms with E-state index in [1.165, 1.54) is 9.13 Å². The van der Waals surface area contributed by atoms with Crippen LogP contribution in [0, 0.1) is 6.92 Å². The highest BCUT2D eigenvalue weighted by Gasteiger charge is 2.18. The summed E-state index contributed by atoms with van der Waals surface area (Å²) >= 11 is 0. The van der Waals surface area contributed by atoms with Crippen LogP contribution in [0.25, 0.3) is 11.0 Å². The van der Waals surface area contributed by atoms with Crippen LogP contribution in [0.4, 0.5) is 5.69 Å². The number of aromatic nitrogens is 2. The molecule has 0 unspecified atom stereocenters. The lowest BCUT2D eigenvalue weighted by Crippen LogP contribution is -2.28. The van der Waals surface area contributed by atoms with Gasteiger partial charge < -0.3 is 5.73 Å². The van der Waals surface area contributed by atoms with E-state index in [1.807, 2.05) is 13.0 Å². The number of benzene rings is 2. The largest absolute Gasteiger partial charge is 0.399 e. The number of imidazole rings is 1. The van der Waals surface area contributed by atoms with Crippen molar-refractivity contribution in [3.8, 4) is 0 Å². The fourth-order valence-electron chi connectivity index (χ4n) is 2.46. The normalized spacial score (nSPS) is 11.0. The molecule has 0 aliphatic heterocycles. The number of hydrogen-bond donors (Lipinski definition) is 1. The molecule has 5 heteroatoms. The maximum Gasteiger partial charge on any atom is 0.335 e. The number of anilines is 1. The Morgan fingerprint density at radius 3 is 2.57 bits per heavy atom. The summed E-state index contributed by atoms with van der Waals surface area (Å²) in [7, 11) is 1.64. The summed E-state index contributed by atoms with van der Waals surface area (Å²) < 4.78 is 2.61. The fraction of sp³-hybridized carbons (Fsp3) is 0.125. The summed E-state index contributed by atoms with van der Waals surface area (Å²) in [5, 5.41) is 0. The van der Waals surface area contributed by atoms with Gasteiger partial charge in [0.25, 0.3) is 5.91 Å². The Bertz CT molecular complexity index is 919. The summed E-state index contributed by atoms with van der Waals surface area (Å²) in [5.41, 5.74) is 8.56. The molecule has 0 radical (unpaired) electrons. The van der Waals surface area contributed by atoms with Gasteiger partial charge in [0.15, 0.2) is 0 Å². The van der Waals surface area contributed by atoms with Crippen molar-refractivity contribution in [3.63, 3.8) is 0 Å². The lowest BCUT2D eigenvalue weighted by Gasteiger charge is -2.03. The zero-order valence-corrected chi connectivity index (χ0v) is 11.8. The third-order valence-electron chi connectivity index (χ3n) is 3.55. The number of aryl methyl sites for hydroxylation is 2. The van der Waals surface area contributed by atoms with E-state index in [0.717, 1.165) is 5.56 Å². The molecule has 5 nitrogen and oxygen atoms in total. The Morgan fingerprint density at radius 2 is 1.86 bits per heavy atom. The number of carbonyl (C=O) groups is 1. The summed E-state index contributed by atoms with van der Waals surface area (Å²) in [4.78, 5) is 25.0. The molecule has 3 rings (SSSR count). The van der Waals surface area contributed by atoms with E-state index in [4.69, 9.17) is 5.73 Å². The fourth-order valence-corrected chi connectivity index (χ4v) is 2.46. The Morgan fingerprint density at radius 1 is 1.10 bits per heavy atom. The van der Waals surface area contributed by atoms with Gasteiger partial charge in [0.2, 0.25) is 0 Å². The van der Waals surface area contributed by atoms with E-state index in [-0.39, 0.29) is 11.6 Å². The van der Waals surface area contributed by atoms with Crippen LogP contribution in [-0.2, 0) is 7.05 Å². The first-order valence-corrected chi connectivity index (χ1v) is 6.57. The standard InChI is InChI=1S/C16H15N3O2/c1-10-4-3-5-11(8-10)15(20)19-14-9-12(17)6-7-13(14)18(2)16(19)21/h3-9H,17H2,1-2H3. The molecule has 106 valence electrons. The molecule has 2 aromatic carbocycles. The van der Waals surface area contributed by atoms with Gasteiger partial charge in [-0.3, -0.25) is 9.36 Å². The number of nitrogen functional groups attached to an aromatic ring is 1. The predicted molar refractivity (Wildman–Crippen MR) is 82.5 cm³/mol. The van der Waals surface area contributed by atoms with Crippen LogP contribution in [0.2, 0.25) is 0 Å². The van der Waals surface area contributed by atoms with Gasteiger partial charge in [-0.25, -0.2) is 9.36 Å². The van der Waals surface area contributed by atoms with Crippen LogP contribution in [0.1, 0.15) is 15.9 Å². The van der Waals surface area contributed by atoms with Gasteiger partial charge in [0.05, 0.1) is 11.0 Å². The molecule has 1 aromatic heterocycles. The number of carbonyl (C=O) groups excluding carboxylic acids is 1. The Balaban J connectivity index is 2.30. The van der Waals surface area contributed by atoms with E-state index >= 15 is 0 Å². The molecule has 0 aliphatic carbocycles. The second kappa shape index (κ2) is 4.63. The number of fused-ring (bicyclic) bond motifs is 1. The summed E-state index contributed by atoms with van der Waals surface area (Å²) in [6.45, 7) is 1.90. The smallest absolute Gasteiger partial charge is 0.335 e. The molecule has 0 amide bonds. The van der Waals surface area contributed by atoms with E-state index in [0.29, 0.717) is 22.3 Å². The lowest BCUT2D eigenvalue weighted by molar-refractivity contribution is 0.0960. The van der Waals surface area contributed by atoms with Crippen LogP contribution in [-0.4, -0.2) is 15.0 Å². The lowest BCUT2D eigenvalue weighted by atomic mass is 10.1. The first-order chi connectivity index (χ1) is 9.99. The highest BCUT2D eigenvalue weighted by Crippen LogP contribution is 2.17. The molecule has 0 spiro atoms. The zero-order chi connectivity index (χ0) is 15.1. The number of rotatable bonds is 1. The number of hydrogen-bond acceptors (Lipinski definition) is 3. The number of nitrogens with zero attached hydrogens (tertiary/aromatic N) is 2. The molecule has 0 atom stereocenters. The predicted octanol–water partition coefficient (Wildman–Crippen LogP) is 1.92. The van der Waals surface area contributed by atoms with Gasteiger partial charge in [-0.1, -0.05) is 17.7 Å². The van der Waals surface area contributed by atoms with Crippen LogP contribution in [0.3, 0.4) is 0 Å². The minimum atomic E-state index is -0.373. The zero-order valence-electron chi connectivity index (χ0n) is 11.8. The molecular formula is C16H15N3O2. The maximum absolute atomic E-state index is 12.7. The Kier molecular flexibility index (Phi) is 2.90. The molecule has 0 aliphatic rings. The molecule has 1 heterocycles. The molecule has 0 saturated carbocycles. The maximum atomic E-state index is 12.7. The Hall–Kier alpha value is -2.82. The van der Waals surface area contributed by atoms with Gasteiger partial charge in [-0.05, 0) is 37.3 Å². The quantitative estimate of drug-likeness (QED) is 0.693. The molecule has 0 fully saturated rings. The summed E-state index contributed by atoms with van der Waals surface area (Å²) in [6.07, 6.45) is 0. The Labute approximate surface area is 121 Å².